The van der Waals surface area contributed by atoms with Crippen LogP contribution in [-0.2, 0) is 6.54 Å². The van der Waals surface area contributed by atoms with E-state index in [0.717, 1.165) is 6.42 Å². The minimum absolute atomic E-state index is 0.0929. The first kappa shape index (κ1) is 15.5. The molecular weight excluding hydrogens is 290 g/mol. The van der Waals surface area contributed by atoms with E-state index in [9.17, 15) is 10.1 Å². The van der Waals surface area contributed by atoms with Crippen LogP contribution in [0, 0.1) is 10.1 Å². The van der Waals surface area contributed by atoms with Gasteiger partial charge in [0.25, 0.3) is 5.69 Å². The van der Waals surface area contributed by atoms with Crippen molar-refractivity contribution in [1.29, 1.82) is 0 Å². The molecule has 112 valence electrons. The van der Waals surface area contributed by atoms with Gasteiger partial charge in [0.05, 0.1) is 17.0 Å². The van der Waals surface area contributed by atoms with Crippen LogP contribution in [0.3, 0.4) is 0 Å². The van der Waals surface area contributed by atoms with E-state index in [2.05, 4.69) is 12.2 Å². The second-order valence-electron chi connectivity index (χ2n) is 4.90. The van der Waals surface area contributed by atoms with Gasteiger partial charge in [0.1, 0.15) is 0 Å². The lowest BCUT2D eigenvalue weighted by molar-refractivity contribution is -0.385. The number of halogens is 1. The normalized spacial score (nSPS) is 12.3. The van der Waals surface area contributed by atoms with E-state index in [0.29, 0.717) is 23.2 Å². The lowest BCUT2D eigenvalue weighted by Crippen LogP contribution is -2.14. The summed E-state index contributed by atoms with van der Waals surface area (Å²) in [6.45, 7) is 2.54. The third kappa shape index (κ3) is 3.62. The summed E-state index contributed by atoms with van der Waals surface area (Å²) in [5.74, 6) is 0. The van der Waals surface area contributed by atoms with Gasteiger partial charge in [-0.1, -0.05) is 18.5 Å². The summed E-state index contributed by atoms with van der Waals surface area (Å²) in [6.07, 6.45) is 4.92. The Balaban J connectivity index is 2.26. The summed E-state index contributed by atoms with van der Waals surface area (Å²) in [5, 5.41) is 14.8. The summed E-state index contributed by atoms with van der Waals surface area (Å²) in [4.78, 5) is 10.7. The molecule has 1 aromatic heterocycles. The van der Waals surface area contributed by atoms with Gasteiger partial charge in [-0.3, -0.25) is 10.1 Å². The largest absolute Gasteiger partial charge is 0.349 e. The Bertz CT molecular complexity index is 636. The van der Waals surface area contributed by atoms with Gasteiger partial charge in [-0.15, -0.1) is 0 Å². The zero-order chi connectivity index (χ0) is 15.4. The molecule has 0 amide bonds. The number of benzene rings is 1. The zero-order valence-electron chi connectivity index (χ0n) is 12.0. The first-order chi connectivity index (χ1) is 10.0. The molecule has 0 spiro atoms. The Kier molecular flexibility index (Phi) is 4.98. The van der Waals surface area contributed by atoms with Gasteiger partial charge >= 0.3 is 0 Å². The molecule has 0 saturated heterocycles. The van der Waals surface area contributed by atoms with Crippen molar-refractivity contribution < 1.29 is 4.92 Å². The highest BCUT2D eigenvalue weighted by Crippen LogP contribution is 2.24. The van der Waals surface area contributed by atoms with Gasteiger partial charge in [0.2, 0.25) is 0 Å². The molecule has 1 N–H and O–H groups in total. The van der Waals surface area contributed by atoms with Gasteiger partial charge in [0.15, 0.2) is 0 Å². The molecule has 1 heterocycles. The van der Waals surface area contributed by atoms with Crippen LogP contribution in [0.5, 0.6) is 0 Å². The van der Waals surface area contributed by atoms with Crippen molar-refractivity contribution >= 4 is 17.3 Å². The number of nitrogens with one attached hydrogen (secondary N) is 1. The maximum atomic E-state index is 11.1. The Morgan fingerprint density at radius 3 is 2.81 bits per heavy atom. The van der Waals surface area contributed by atoms with Crippen molar-refractivity contribution in [3.8, 4) is 0 Å². The Labute approximate surface area is 128 Å². The van der Waals surface area contributed by atoms with E-state index < -0.39 is 0 Å². The molecule has 2 aromatic rings. The maximum Gasteiger partial charge on any atom is 0.274 e. The van der Waals surface area contributed by atoms with Crippen molar-refractivity contribution in [2.75, 3.05) is 7.05 Å². The van der Waals surface area contributed by atoms with E-state index >= 15 is 0 Å². The van der Waals surface area contributed by atoms with Crippen LogP contribution in [0.1, 0.15) is 30.5 Å². The molecule has 0 radical (unpaired) electrons. The standard InChI is InChI=1S/C15H18ClN3O2/c1-3-14(17-2)11-6-7-18(9-11)10-12-8-13(16)4-5-15(12)19(20)21/h4-9,14,17H,3,10H2,1-2H3. The fourth-order valence-corrected chi connectivity index (χ4v) is 2.62. The number of aromatic nitrogens is 1. The van der Waals surface area contributed by atoms with E-state index in [1.807, 2.05) is 30.1 Å². The van der Waals surface area contributed by atoms with Gasteiger partial charge < -0.3 is 9.88 Å². The zero-order valence-corrected chi connectivity index (χ0v) is 12.8. The summed E-state index contributed by atoms with van der Waals surface area (Å²) in [5.41, 5.74) is 1.87. The molecule has 1 atom stereocenters. The molecule has 21 heavy (non-hydrogen) atoms. The van der Waals surface area contributed by atoms with Crippen molar-refractivity contribution in [1.82, 2.24) is 9.88 Å². The Morgan fingerprint density at radius 1 is 1.43 bits per heavy atom. The van der Waals surface area contributed by atoms with E-state index in [1.165, 1.54) is 11.6 Å². The quantitative estimate of drug-likeness (QED) is 0.653. The van der Waals surface area contributed by atoms with Crippen LogP contribution < -0.4 is 5.32 Å². The summed E-state index contributed by atoms with van der Waals surface area (Å²) in [7, 11) is 1.92. The van der Waals surface area contributed by atoms with E-state index in [-0.39, 0.29) is 10.6 Å². The second-order valence-corrected chi connectivity index (χ2v) is 5.33. The summed E-state index contributed by atoms with van der Waals surface area (Å²) in [6, 6.07) is 6.96. The van der Waals surface area contributed by atoms with Crippen molar-refractivity contribution in [3.63, 3.8) is 0 Å². The van der Waals surface area contributed by atoms with E-state index in [1.54, 1.807) is 12.1 Å². The topological polar surface area (TPSA) is 60.1 Å². The number of hydrogen-bond donors (Lipinski definition) is 1. The van der Waals surface area contributed by atoms with Crippen molar-refractivity contribution in [2.24, 2.45) is 0 Å². The van der Waals surface area contributed by atoms with Crippen LogP contribution in [0.25, 0.3) is 0 Å². The van der Waals surface area contributed by atoms with Crippen molar-refractivity contribution in [3.05, 3.63) is 62.9 Å². The van der Waals surface area contributed by atoms with Crippen LogP contribution in [0.2, 0.25) is 5.02 Å². The van der Waals surface area contributed by atoms with Crippen LogP contribution in [0.4, 0.5) is 5.69 Å². The van der Waals surface area contributed by atoms with Gasteiger partial charge in [-0.05, 0) is 37.2 Å². The summed E-state index contributed by atoms with van der Waals surface area (Å²) >= 11 is 5.95. The summed E-state index contributed by atoms with van der Waals surface area (Å²) < 4.78 is 1.94. The monoisotopic (exact) mass is 307 g/mol. The first-order valence-electron chi connectivity index (χ1n) is 6.81. The Hall–Kier alpha value is -1.85. The van der Waals surface area contributed by atoms with Gasteiger partial charge in [-0.2, -0.15) is 0 Å². The number of nitro benzene ring substituents is 1. The molecule has 6 heteroatoms. The fourth-order valence-electron chi connectivity index (χ4n) is 2.43. The first-order valence-corrected chi connectivity index (χ1v) is 7.18. The average Bonchev–Trinajstić information content (AvgIpc) is 2.88. The van der Waals surface area contributed by atoms with Crippen LogP contribution in [-0.4, -0.2) is 16.5 Å². The van der Waals surface area contributed by atoms with Gasteiger partial charge in [0, 0.05) is 29.5 Å². The minimum atomic E-state index is -0.376. The number of rotatable bonds is 6. The highest BCUT2D eigenvalue weighted by Gasteiger charge is 2.15. The van der Waals surface area contributed by atoms with Gasteiger partial charge in [-0.25, -0.2) is 0 Å². The second kappa shape index (κ2) is 6.74. The highest BCUT2D eigenvalue weighted by atomic mass is 35.5. The molecule has 1 unspecified atom stereocenters. The number of hydrogen-bond acceptors (Lipinski definition) is 3. The third-order valence-corrected chi connectivity index (χ3v) is 3.76. The number of nitrogens with zero attached hydrogens (tertiary/aromatic N) is 2. The predicted molar refractivity (Wildman–Crippen MR) is 83.7 cm³/mol. The smallest absolute Gasteiger partial charge is 0.274 e. The minimum Gasteiger partial charge on any atom is -0.349 e. The average molecular weight is 308 g/mol. The lowest BCUT2D eigenvalue weighted by atomic mass is 10.1. The molecule has 0 bridgehead atoms. The molecule has 1 aromatic carbocycles. The molecule has 0 fully saturated rings. The SMILES string of the molecule is CCC(NC)c1ccn(Cc2cc(Cl)ccc2[N+](=O)[O-])c1. The Morgan fingerprint density at radius 2 is 2.19 bits per heavy atom. The van der Waals surface area contributed by atoms with Crippen LogP contribution in [0.15, 0.2) is 36.7 Å². The van der Waals surface area contributed by atoms with Crippen LogP contribution >= 0.6 is 11.6 Å². The molecular formula is C15H18ClN3O2. The third-order valence-electron chi connectivity index (χ3n) is 3.52. The molecule has 0 aliphatic carbocycles. The molecule has 0 aliphatic heterocycles. The predicted octanol–water partition coefficient (Wildman–Crippen LogP) is 3.77. The maximum absolute atomic E-state index is 11.1. The highest BCUT2D eigenvalue weighted by molar-refractivity contribution is 6.30. The number of nitro groups is 1. The van der Waals surface area contributed by atoms with E-state index in [4.69, 9.17) is 11.6 Å². The molecule has 0 saturated carbocycles. The lowest BCUT2D eigenvalue weighted by Gasteiger charge is -2.11. The fraction of sp³-hybridized carbons (Fsp3) is 0.333. The molecule has 0 aliphatic rings. The molecule has 5 nitrogen and oxygen atoms in total. The van der Waals surface area contributed by atoms with Crippen molar-refractivity contribution in [2.45, 2.75) is 25.9 Å². The molecule has 2 rings (SSSR count).